The first-order valence-corrected chi connectivity index (χ1v) is 11.8. The van der Waals surface area contributed by atoms with Gasteiger partial charge in [-0.15, -0.1) is 0 Å². The number of nitrogens with zero attached hydrogens (tertiary/aromatic N) is 2. The maximum absolute atomic E-state index is 12.9. The van der Waals surface area contributed by atoms with Gasteiger partial charge >= 0.3 is 0 Å². The zero-order valence-electron chi connectivity index (χ0n) is 15.8. The summed E-state index contributed by atoms with van der Waals surface area (Å²) in [6.07, 6.45) is 2.69. The molecule has 1 saturated heterocycles. The summed E-state index contributed by atoms with van der Waals surface area (Å²) < 4.78 is 29.2. The average Bonchev–Trinajstić information content (AvgIpc) is 3.23. The average molecular weight is 429 g/mol. The van der Waals surface area contributed by atoms with Crippen LogP contribution in [0.4, 0.5) is 5.13 Å². The van der Waals surface area contributed by atoms with E-state index in [0.717, 1.165) is 17.0 Å². The summed E-state index contributed by atoms with van der Waals surface area (Å²) in [6, 6.07) is 16.2. The van der Waals surface area contributed by atoms with Crippen LogP contribution < -0.4 is 4.90 Å². The molecule has 0 bridgehead atoms. The summed E-state index contributed by atoms with van der Waals surface area (Å²) in [5.74, 6) is -0.233. The van der Waals surface area contributed by atoms with E-state index < -0.39 is 9.84 Å². The van der Waals surface area contributed by atoms with Crippen LogP contribution in [0.5, 0.6) is 0 Å². The van der Waals surface area contributed by atoms with Gasteiger partial charge in [-0.05, 0) is 17.7 Å². The highest BCUT2D eigenvalue weighted by Crippen LogP contribution is 2.33. The van der Waals surface area contributed by atoms with Crippen LogP contribution >= 0.6 is 11.3 Å². The molecule has 6 nitrogen and oxygen atoms in total. The molecule has 0 N–H and O–H groups in total. The number of carbonyl (C=O) groups is 1. The predicted molar refractivity (Wildman–Crippen MR) is 112 cm³/mol. The molecular formula is C21H20N2O4S2. The van der Waals surface area contributed by atoms with Crippen molar-refractivity contribution in [3.63, 3.8) is 0 Å². The molecule has 4 rings (SSSR count). The van der Waals surface area contributed by atoms with Crippen molar-refractivity contribution in [2.45, 2.75) is 10.9 Å². The van der Waals surface area contributed by atoms with Gasteiger partial charge in [-0.2, -0.15) is 0 Å². The molecule has 1 aliphatic rings. The van der Waals surface area contributed by atoms with Crippen molar-refractivity contribution >= 4 is 32.1 Å². The summed E-state index contributed by atoms with van der Waals surface area (Å²) in [5, 5.41) is 0.754. The van der Waals surface area contributed by atoms with E-state index in [0.29, 0.717) is 30.2 Å². The van der Waals surface area contributed by atoms with Crippen LogP contribution in [-0.2, 0) is 14.6 Å². The summed E-state index contributed by atoms with van der Waals surface area (Å²) >= 11 is 1.31. The molecule has 150 valence electrons. The molecule has 1 unspecified atom stereocenters. The lowest BCUT2D eigenvalue weighted by atomic mass is 10.1. The Bertz CT molecular complexity index is 1130. The molecule has 1 aliphatic heterocycles. The maximum Gasteiger partial charge on any atom is 0.204 e. The minimum absolute atomic E-state index is 0.0348. The molecule has 2 heterocycles. The lowest BCUT2D eigenvalue weighted by Crippen LogP contribution is -2.39. The Kier molecular flexibility index (Phi) is 5.49. The summed E-state index contributed by atoms with van der Waals surface area (Å²) in [4.78, 5) is 20.2. The third-order valence-corrected chi connectivity index (χ3v) is 6.94. The Morgan fingerprint density at radius 1 is 1.17 bits per heavy atom. The van der Waals surface area contributed by atoms with Crippen molar-refractivity contribution in [1.82, 2.24) is 4.98 Å². The van der Waals surface area contributed by atoms with Gasteiger partial charge in [0.05, 0.1) is 35.2 Å². The van der Waals surface area contributed by atoms with Crippen LogP contribution in [0.25, 0.3) is 0 Å². The molecule has 0 aliphatic carbocycles. The standard InChI is InChI=1S/C21H20N2O4S2/c1-29(25,26)17-9-5-8-16(12-17)20(24)19-13-22-21(28-19)23-10-11-27-14-18(23)15-6-3-2-4-7-15/h2-9,12-13,18H,10-11,14H2,1H3. The van der Waals surface area contributed by atoms with Gasteiger partial charge in [0.1, 0.15) is 0 Å². The first kappa shape index (κ1) is 19.8. The highest BCUT2D eigenvalue weighted by Gasteiger charge is 2.27. The molecular weight excluding hydrogens is 408 g/mol. The number of aromatic nitrogens is 1. The second kappa shape index (κ2) is 8.06. The smallest absolute Gasteiger partial charge is 0.204 e. The molecule has 0 radical (unpaired) electrons. The van der Waals surface area contributed by atoms with E-state index in [-0.39, 0.29) is 16.7 Å². The lowest BCUT2D eigenvalue weighted by molar-refractivity contribution is 0.0941. The Morgan fingerprint density at radius 2 is 1.97 bits per heavy atom. The van der Waals surface area contributed by atoms with Gasteiger partial charge in [0.2, 0.25) is 5.78 Å². The van der Waals surface area contributed by atoms with Crippen LogP contribution in [0.2, 0.25) is 0 Å². The normalized spacial score (nSPS) is 17.3. The van der Waals surface area contributed by atoms with E-state index in [9.17, 15) is 13.2 Å². The second-order valence-electron chi connectivity index (χ2n) is 6.83. The minimum atomic E-state index is -3.38. The van der Waals surface area contributed by atoms with Crippen molar-refractivity contribution in [3.8, 4) is 0 Å². The van der Waals surface area contributed by atoms with Crippen LogP contribution in [0.1, 0.15) is 26.8 Å². The second-order valence-corrected chi connectivity index (χ2v) is 9.86. The fraction of sp³-hybridized carbons (Fsp3) is 0.238. The van der Waals surface area contributed by atoms with Crippen LogP contribution in [-0.4, -0.2) is 45.2 Å². The molecule has 1 aromatic heterocycles. The van der Waals surface area contributed by atoms with E-state index in [2.05, 4.69) is 22.0 Å². The monoisotopic (exact) mass is 428 g/mol. The van der Waals surface area contributed by atoms with E-state index in [1.54, 1.807) is 18.3 Å². The first-order chi connectivity index (χ1) is 13.9. The van der Waals surface area contributed by atoms with Crippen LogP contribution in [0.15, 0.2) is 65.7 Å². The number of rotatable bonds is 5. The summed E-state index contributed by atoms with van der Waals surface area (Å²) in [7, 11) is -3.38. The molecule has 29 heavy (non-hydrogen) atoms. The van der Waals surface area contributed by atoms with E-state index in [4.69, 9.17) is 4.74 Å². The minimum Gasteiger partial charge on any atom is -0.377 e. The number of anilines is 1. The van der Waals surface area contributed by atoms with Crippen molar-refractivity contribution in [3.05, 3.63) is 76.8 Å². The Balaban J connectivity index is 1.61. The van der Waals surface area contributed by atoms with Crippen molar-refractivity contribution < 1.29 is 17.9 Å². The quantitative estimate of drug-likeness (QED) is 0.580. The number of hydrogen-bond acceptors (Lipinski definition) is 7. The van der Waals surface area contributed by atoms with Gasteiger partial charge in [0.15, 0.2) is 15.0 Å². The number of hydrogen-bond donors (Lipinski definition) is 0. The van der Waals surface area contributed by atoms with Gasteiger partial charge < -0.3 is 9.64 Å². The van der Waals surface area contributed by atoms with E-state index >= 15 is 0 Å². The fourth-order valence-corrected chi connectivity index (χ4v) is 4.92. The molecule has 8 heteroatoms. The molecule has 1 atom stereocenters. The van der Waals surface area contributed by atoms with Gasteiger partial charge in [0.25, 0.3) is 0 Å². The first-order valence-electron chi connectivity index (χ1n) is 9.13. The SMILES string of the molecule is CS(=O)(=O)c1cccc(C(=O)c2cnc(N3CCOCC3c3ccccc3)s2)c1. The topological polar surface area (TPSA) is 76.6 Å². The number of benzene rings is 2. The highest BCUT2D eigenvalue weighted by molar-refractivity contribution is 7.90. The molecule has 1 fully saturated rings. The van der Waals surface area contributed by atoms with Crippen LogP contribution in [0, 0.1) is 0 Å². The molecule has 0 amide bonds. The number of ketones is 1. The van der Waals surface area contributed by atoms with Crippen molar-refractivity contribution in [2.24, 2.45) is 0 Å². The zero-order chi connectivity index (χ0) is 20.4. The lowest BCUT2D eigenvalue weighted by Gasteiger charge is -2.35. The third kappa shape index (κ3) is 4.24. The van der Waals surface area contributed by atoms with Crippen molar-refractivity contribution in [2.75, 3.05) is 30.9 Å². The summed E-state index contributed by atoms with van der Waals surface area (Å²) in [6.45, 7) is 1.84. The molecule has 0 spiro atoms. The summed E-state index contributed by atoms with van der Waals surface area (Å²) in [5.41, 5.74) is 1.47. The largest absolute Gasteiger partial charge is 0.377 e. The third-order valence-electron chi connectivity index (χ3n) is 4.80. The van der Waals surface area contributed by atoms with Crippen LogP contribution in [0.3, 0.4) is 0 Å². The predicted octanol–water partition coefficient (Wildman–Crippen LogP) is 3.36. The Labute approximate surface area is 173 Å². The zero-order valence-corrected chi connectivity index (χ0v) is 17.4. The maximum atomic E-state index is 12.9. The Morgan fingerprint density at radius 3 is 2.72 bits per heavy atom. The van der Waals surface area contributed by atoms with E-state index in [1.165, 1.54) is 23.5 Å². The fourth-order valence-electron chi connectivity index (χ4n) is 3.30. The molecule has 2 aromatic carbocycles. The number of ether oxygens (including phenoxy) is 1. The molecule has 3 aromatic rings. The van der Waals surface area contributed by atoms with Gasteiger partial charge in [-0.3, -0.25) is 4.79 Å². The van der Waals surface area contributed by atoms with Gasteiger partial charge in [0, 0.05) is 18.4 Å². The number of carbonyl (C=O) groups excluding carboxylic acids is 1. The van der Waals surface area contributed by atoms with Gasteiger partial charge in [-0.25, -0.2) is 13.4 Å². The van der Waals surface area contributed by atoms with Gasteiger partial charge in [-0.1, -0.05) is 53.8 Å². The number of morpholine rings is 1. The number of thiazole rings is 1. The highest BCUT2D eigenvalue weighted by atomic mass is 32.2. The number of sulfone groups is 1. The molecule has 0 saturated carbocycles. The van der Waals surface area contributed by atoms with Crippen molar-refractivity contribution in [1.29, 1.82) is 0 Å². The van der Waals surface area contributed by atoms with E-state index in [1.807, 2.05) is 18.2 Å². The Hall–Kier alpha value is -2.55.